The zero-order valence-corrected chi connectivity index (χ0v) is 18.9. The topological polar surface area (TPSA) is 53.1 Å². The summed E-state index contributed by atoms with van der Waals surface area (Å²) in [6, 6.07) is 12.3. The van der Waals surface area contributed by atoms with E-state index in [1.165, 1.54) is 4.88 Å². The van der Waals surface area contributed by atoms with Crippen LogP contribution >= 0.6 is 11.3 Å². The lowest BCUT2D eigenvalue weighted by Gasteiger charge is -2.36. The molecule has 1 aromatic carbocycles. The Balaban J connectivity index is 1.76. The second-order valence-electron chi connectivity index (χ2n) is 8.49. The lowest BCUT2D eigenvalue weighted by atomic mass is 10.1. The van der Waals surface area contributed by atoms with Crippen LogP contribution in [-0.2, 0) is 22.5 Å². The first-order chi connectivity index (χ1) is 14.4. The van der Waals surface area contributed by atoms with Gasteiger partial charge in [0, 0.05) is 43.3 Å². The number of carbonyl (C=O) groups is 2. The summed E-state index contributed by atoms with van der Waals surface area (Å²) in [7, 11) is 0. The van der Waals surface area contributed by atoms with E-state index in [1.54, 1.807) is 21.1 Å². The molecule has 6 nitrogen and oxygen atoms in total. The van der Waals surface area contributed by atoms with Crippen molar-refractivity contribution in [2.24, 2.45) is 0 Å². The number of ether oxygens (including phenoxy) is 1. The van der Waals surface area contributed by atoms with Crippen LogP contribution in [0.3, 0.4) is 0 Å². The number of carbonyl (C=O) groups excluding carboxylic acids is 2. The largest absolute Gasteiger partial charge is 0.444 e. The molecule has 2 aromatic rings. The Morgan fingerprint density at radius 2 is 1.87 bits per heavy atom. The zero-order valence-electron chi connectivity index (χ0n) is 18.0. The lowest BCUT2D eigenvalue weighted by molar-refractivity contribution is -0.118. The molecule has 162 valence electrons. The van der Waals surface area contributed by atoms with Gasteiger partial charge in [-0.25, -0.2) is 4.79 Å². The molecule has 1 saturated heterocycles. The normalized spacial score (nSPS) is 14.5. The van der Waals surface area contributed by atoms with E-state index < -0.39 is 5.60 Å². The van der Waals surface area contributed by atoms with Crippen molar-refractivity contribution in [3.05, 3.63) is 52.2 Å². The van der Waals surface area contributed by atoms with Crippen molar-refractivity contribution >= 4 is 29.5 Å². The highest BCUT2D eigenvalue weighted by Crippen LogP contribution is 2.24. The predicted octanol–water partition coefficient (Wildman–Crippen LogP) is 4.01. The number of piperazine rings is 1. The van der Waals surface area contributed by atoms with E-state index in [0.717, 1.165) is 37.2 Å². The molecular formula is C23H31N3O3S. The van der Waals surface area contributed by atoms with Crippen molar-refractivity contribution in [2.75, 3.05) is 37.6 Å². The molecule has 1 aliphatic heterocycles. The van der Waals surface area contributed by atoms with Gasteiger partial charge in [-0.05, 0) is 50.3 Å². The van der Waals surface area contributed by atoms with Crippen molar-refractivity contribution in [3.63, 3.8) is 0 Å². The SMILES string of the molecule is CC(C)(C)OC(=O)N(CCc1cccs1)Cc1ccccc1N1CCN(C=O)CC1. The number of amides is 2. The molecule has 30 heavy (non-hydrogen) atoms. The van der Waals surface area contributed by atoms with Crippen molar-refractivity contribution in [1.29, 1.82) is 0 Å². The average Bonchev–Trinajstić information content (AvgIpc) is 3.24. The first-order valence-electron chi connectivity index (χ1n) is 10.4. The zero-order chi connectivity index (χ0) is 21.6. The molecule has 1 fully saturated rings. The molecule has 0 aliphatic carbocycles. The van der Waals surface area contributed by atoms with E-state index >= 15 is 0 Å². The minimum absolute atomic E-state index is 0.292. The Labute approximate surface area is 183 Å². The molecule has 1 aliphatic rings. The maximum atomic E-state index is 12.9. The van der Waals surface area contributed by atoms with Gasteiger partial charge >= 0.3 is 6.09 Å². The number of hydrogen-bond donors (Lipinski definition) is 0. The number of thiophene rings is 1. The average molecular weight is 430 g/mol. The van der Waals surface area contributed by atoms with E-state index in [0.29, 0.717) is 26.2 Å². The molecule has 1 aromatic heterocycles. The molecule has 2 heterocycles. The number of para-hydroxylation sites is 1. The van der Waals surface area contributed by atoms with Gasteiger partial charge in [0.05, 0.1) is 6.54 Å². The monoisotopic (exact) mass is 429 g/mol. The summed E-state index contributed by atoms with van der Waals surface area (Å²) in [5, 5.41) is 2.06. The molecule has 2 amide bonds. The van der Waals surface area contributed by atoms with Crippen LogP contribution in [0.15, 0.2) is 41.8 Å². The minimum Gasteiger partial charge on any atom is -0.444 e. The van der Waals surface area contributed by atoms with Crippen molar-refractivity contribution in [2.45, 2.75) is 39.3 Å². The molecule has 3 rings (SSSR count). The standard InChI is InChI=1S/C23H31N3O3S/c1-23(2,3)29-22(28)26(11-10-20-8-6-16-30-20)17-19-7-4-5-9-21(19)25-14-12-24(18-27)13-15-25/h4-9,16,18H,10-15,17H2,1-3H3. The number of anilines is 1. The fraction of sp³-hybridized carbons (Fsp3) is 0.478. The fourth-order valence-electron chi connectivity index (χ4n) is 3.49. The molecular weight excluding hydrogens is 398 g/mol. The van der Waals surface area contributed by atoms with Crippen molar-refractivity contribution in [1.82, 2.24) is 9.80 Å². The summed E-state index contributed by atoms with van der Waals surface area (Å²) in [6.07, 6.45) is 1.43. The van der Waals surface area contributed by atoms with E-state index in [-0.39, 0.29) is 6.09 Å². The molecule has 0 unspecified atom stereocenters. The van der Waals surface area contributed by atoms with E-state index in [2.05, 4.69) is 28.5 Å². The summed E-state index contributed by atoms with van der Waals surface area (Å²) in [6.45, 7) is 9.77. The number of hydrogen-bond acceptors (Lipinski definition) is 5. The highest BCUT2D eigenvalue weighted by molar-refractivity contribution is 7.09. The summed E-state index contributed by atoms with van der Waals surface area (Å²) in [5.41, 5.74) is 1.67. The van der Waals surface area contributed by atoms with Gasteiger partial charge in [0.25, 0.3) is 0 Å². The maximum Gasteiger partial charge on any atom is 0.410 e. The molecule has 0 bridgehead atoms. The molecule has 0 radical (unpaired) electrons. The summed E-state index contributed by atoms with van der Waals surface area (Å²) in [5.74, 6) is 0. The highest BCUT2D eigenvalue weighted by atomic mass is 32.1. The first kappa shape index (κ1) is 22.2. The van der Waals surface area contributed by atoms with Crippen LogP contribution in [0.1, 0.15) is 31.2 Å². The van der Waals surface area contributed by atoms with Crippen LogP contribution < -0.4 is 4.90 Å². The van der Waals surface area contributed by atoms with Gasteiger partial charge in [0.2, 0.25) is 6.41 Å². The van der Waals surface area contributed by atoms with Gasteiger partial charge in [-0.15, -0.1) is 11.3 Å². The highest BCUT2D eigenvalue weighted by Gasteiger charge is 2.24. The van der Waals surface area contributed by atoms with Crippen LogP contribution in [0.25, 0.3) is 0 Å². The first-order valence-corrected chi connectivity index (χ1v) is 11.3. The van der Waals surface area contributed by atoms with Gasteiger partial charge in [-0.3, -0.25) is 4.79 Å². The molecule has 0 saturated carbocycles. The molecule has 7 heteroatoms. The number of rotatable bonds is 7. The number of nitrogens with zero attached hydrogens (tertiary/aromatic N) is 3. The smallest absolute Gasteiger partial charge is 0.410 e. The van der Waals surface area contributed by atoms with E-state index in [4.69, 9.17) is 4.74 Å². The van der Waals surface area contributed by atoms with Gasteiger partial charge in [0.1, 0.15) is 5.60 Å². The van der Waals surface area contributed by atoms with Crippen LogP contribution in [-0.4, -0.2) is 60.6 Å². The fourth-order valence-corrected chi connectivity index (χ4v) is 4.19. The van der Waals surface area contributed by atoms with Crippen LogP contribution in [0.5, 0.6) is 0 Å². The molecule has 0 atom stereocenters. The summed E-state index contributed by atoms with van der Waals surface area (Å²) < 4.78 is 5.69. The van der Waals surface area contributed by atoms with E-state index in [1.807, 2.05) is 39.0 Å². The van der Waals surface area contributed by atoms with Gasteiger partial charge in [-0.2, -0.15) is 0 Å². The third-order valence-corrected chi connectivity index (χ3v) is 5.95. The minimum atomic E-state index is -0.539. The second-order valence-corrected chi connectivity index (χ2v) is 9.52. The Morgan fingerprint density at radius 1 is 1.13 bits per heavy atom. The summed E-state index contributed by atoms with van der Waals surface area (Å²) in [4.78, 5) is 31.1. The molecule has 0 spiro atoms. The number of benzene rings is 1. The van der Waals surface area contributed by atoms with Crippen LogP contribution in [0, 0.1) is 0 Å². The Kier molecular flexibility index (Phi) is 7.37. The predicted molar refractivity (Wildman–Crippen MR) is 121 cm³/mol. The third-order valence-electron chi connectivity index (χ3n) is 5.02. The Bertz CT molecular complexity index is 824. The third kappa shape index (κ3) is 6.23. The lowest BCUT2D eigenvalue weighted by Crippen LogP contribution is -2.46. The van der Waals surface area contributed by atoms with E-state index in [9.17, 15) is 9.59 Å². The van der Waals surface area contributed by atoms with Crippen molar-refractivity contribution < 1.29 is 14.3 Å². The van der Waals surface area contributed by atoms with Crippen molar-refractivity contribution in [3.8, 4) is 0 Å². The Morgan fingerprint density at radius 3 is 2.50 bits per heavy atom. The van der Waals surface area contributed by atoms with Gasteiger partial charge in [0.15, 0.2) is 0 Å². The summed E-state index contributed by atoms with van der Waals surface area (Å²) >= 11 is 1.70. The van der Waals surface area contributed by atoms with Gasteiger partial charge in [-0.1, -0.05) is 24.3 Å². The quantitative estimate of drug-likeness (QED) is 0.624. The van der Waals surface area contributed by atoms with Crippen LogP contribution in [0.2, 0.25) is 0 Å². The second kappa shape index (κ2) is 9.98. The molecule has 0 N–H and O–H groups in total. The maximum absolute atomic E-state index is 12.9. The van der Waals surface area contributed by atoms with Gasteiger partial charge < -0.3 is 19.4 Å². The van der Waals surface area contributed by atoms with Crippen LogP contribution in [0.4, 0.5) is 10.5 Å². The Hall–Kier alpha value is -2.54.